The number of halogens is 1. The van der Waals surface area contributed by atoms with Gasteiger partial charge in [0.1, 0.15) is 0 Å². The summed E-state index contributed by atoms with van der Waals surface area (Å²) < 4.78 is 2.91. The van der Waals surface area contributed by atoms with E-state index in [1.807, 2.05) is 12.3 Å². The van der Waals surface area contributed by atoms with Crippen molar-refractivity contribution in [2.75, 3.05) is 13.1 Å². The van der Waals surface area contributed by atoms with E-state index in [1.165, 1.54) is 4.88 Å². The standard InChI is InChI=1S/C13H18BrN3OS/c1-2-16(10-12-4-5-13(14)19-12)8-11(18)9-17-7-3-6-15-17/h3-7,11,18H,2,8-10H2,1H3/t11-/m1/s1. The second kappa shape index (κ2) is 7.19. The van der Waals surface area contributed by atoms with Gasteiger partial charge in [0.2, 0.25) is 0 Å². The number of nitrogens with zero attached hydrogens (tertiary/aromatic N) is 3. The summed E-state index contributed by atoms with van der Waals surface area (Å²) in [4.78, 5) is 3.55. The van der Waals surface area contributed by atoms with Gasteiger partial charge in [-0.25, -0.2) is 0 Å². The van der Waals surface area contributed by atoms with Gasteiger partial charge in [0, 0.05) is 30.4 Å². The lowest BCUT2D eigenvalue weighted by molar-refractivity contribution is 0.0945. The third-order valence-electron chi connectivity index (χ3n) is 2.88. The maximum atomic E-state index is 10.1. The Morgan fingerprint density at radius 2 is 2.37 bits per heavy atom. The molecule has 2 aromatic heterocycles. The molecule has 0 aliphatic heterocycles. The second-order valence-electron chi connectivity index (χ2n) is 4.42. The van der Waals surface area contributed by atoms with E-state index in [0.717, 1.165) is 16.9 Å². The van der Waals surface area contributed by atoms with Crippen LogP contribution in [0.15, 0.2) is 34.4 Å². The quantitative estimate of drug-likeness (QED) is 0.839. The van der Waals surface area contributed by atoms with Crippen molar-refractivity contribution in [1.82, 2.24) is 14.7 Å². The zero-order valence-electron chi connectivity index (χ0n) is 10.9. The van der Waals surface area contributed by atoms with Crippen molar-refractivity contribution in [2.24, 2.45) is 0 Å². The van der Waals surface area contributed by atoms with Crippen LogP contribution in [0.3, 0.4) is 0 Å². The number of aromatic nitrogens is 2. The highest BCUT2D eigenvalue weighted by molar-refractivity contribution is 9.11. The molecule has 1 N–H and O–H groups in total. The summed E-state index contributed by atoms with van der Waals surface area (Å²) in [6.45, 7) is 5.11. The Hall–Kier alpha value is -0.690. The number of hydrogen-bond acceptors (Lipinski definition) is 4. The van der Waals surface area contributed by atoms with Gasteiger partial charge in [0.05, 0.1) is 16.4 Å². The van der Waals surface area contributed by atoms with E-state index >= 15 is 0 Å². The van der Waals surface area contributed by atoms with E-state index in [9.17, 15) is 5.11 Å². The van der Waals surface area contributed by atoms with Crippen LogP contribution in [0.1, 0.15) is 11.8 Å². The molecular weight excluding hydrogens is 326 g/mol. The Labute approximate surface area is 125 Å². The van der Waals surface area contributed by atoms with Gasteiger partial charge in [0.25, 0.3) is 0 Å². The normalized spacial score (nSPS) is 13.1. The Morgan fingerprint density at radius 3 is 2.95 bits per heavy atom. The monoisotopic (exact) mass is 343 g/mol. The molecule has 0 aliphatic carbocycles. The molecule has 104 valence electrons. The number of likely N-dealkylation sites (N-methyl/N-ethyl adjacent to an activating group) is 1. The minimum atomic E-state index is -0.400. The van der Waals surface area contributed by atoms with Gasteiger partial charge < -0.3 is 5.11 Å². The minimum Gasteiger partial charge on any atom is -0.390 e. The molecule has 2 aromatic rings. The molecule has 6 heteroatoms. The lowest BCUT2D eigenvalue weighted by atomic mass is 10.3. The summed E-state index contributed by atoms with van der Waals surface area (Å²) in [7, 11) is 0. The van der Waals surface area contributed by atoms with Crippen molar-refractivity contribution >= 4 is 27.3 Å². The highest BCUT2D eigenvalue weighted by atomic mass is 79.9. The molecule has 1 atom stereocenters. The molecule has 0 aromatic carbocycles. The third kappa shape index (κ3) is 4.72. The fourth-order valence-electron chi connectivity index (χ4n) is 1.94. The number of aliphatic hydroxyl groups is 1. The van der Waals surface area contributed by atoms with Crippen LogP contribution in [0.2, 0.25) is 0 Å². The first kappa shape index (κ1) is 14.7. The van der Waals surface area contributed by atoms with Crippen LogP contribution in [0.25, 0.3) is 0 Å². The molecule has 19 heavy (non-hydrogen) atoms. The second-order valence-corrected chi connectivity index (χ2v) is 6.96. The SMILES string of the molecule is CCN(Cc1ccc(Br)s1)C[C@@H](O)Cn1cccn1. The molecule has 0 unspecified atom stereocenters. The molecular formula is C13H18BrN3OS. The lowest BCUT2D eigenvalue weighted by Crippen LogP contribution is -2.34. The van der Waals surface area contributed by atoms with E-state index in [1.54, 1.807) is 22.2 Å². The summed E-state index contributed by atoms with van der Waals surface area (Å²) in [6, 6.07) is 6.05. The topological polar surface area (TPSA) is 41.3 Å². The Bertz CT molecular complexity index is 486. The average molecular weight is 344 g/mol. The zero-order chi connectivity index (χ0) is 13.7. The lowest BCUT2D eigenvalue weighted by Gasteiger charge is -2.23. The van der Waals surface area contributed by atoms with Crippen LogP contribution < -0.4 is 0 Å². The summed E-state index contributed by atoms with van der Waals surface area (Å²) >= 11 is 5.21. The molecule has 0 bridgehead atoms. The van der Waals surface area contributed by atoms with Crippen molar-refractivity contribution in [3.8, 4) is 0 Å². The van der Waals surface area contributed by atoms with Crippen molar-refractivity contribution < 1.29 is 5.11 Å². The molecule has 0 fully saturated rings. The van der Waals surface area contributed by atoms with Crippen LogP contribution in [-0.4, -0.2) is 39.0 Å². The molecule has 0 radical (unpaired) electrons. The van der Waals surface area contributed by atoms with Gasteiger partial charge >= 0.3 is 0 Å². The van der Waals surface area contributed by atoms with E-state index in [0.29, 0.717) is 13.1 Å². The van der Waals surface area contributed by atoms with Crippen molar-refractivity contribution in [1.29, 1.82) is 0 Å². The van der Waals surface area contributed by atoms with Gasteiger partial charge in [-0.2, -0.15) is 5.10 Å². The summed E-state index contributed by atoms with van der Waals surface area (Å²) in [6.07, 6.45) is 3.20. The van der Waals surface area contributed by atoms with Crippen LogP contribution in [0.5, 0.6) is 0 Å². The fraction of sp³-hybridized carbons (Fsp3) is 0.462. The first-order valence-electron chi connectivity index (χ1n) is 6.29. The molecule has 0 saturated heterocycles. The maximum Gasteiger partial charge on any atom is 0.0862 e. The van der Waals surface area contributed by atoms with Crippen molar-refractivity contribution in [3.63, 3.8) is 0 Å². The molecule has 4 nitrogen and oxygen atoms in total. The molecule has 2 heterocycles. The average Bonchev–Trinajstić information content (AvgIpc) is 3.00. The van der Waals surface area contributed by atoms with E-state index in [-0.39, 0.29) is 0 Å². The molecule has 0 spiro atoms. The predicted molar refractivity (Wildman–Crippen MR) is 81.2 cm³/mol. The third-order valence-corrected chi connectivity index (χ3v) is 4.49. The summed E-state index contributed by atoms with van der Waals surface area (Å²) in [5.41, 5.74) is 0. The highest BCUT2D eigenvalue weighted by Gasteiger charge is 2.12. The van der Waals surface area contributed by atoms with E-state index < -0.39 is 6.10 Å². The Morgan fingerprint density at radius 1 is 1.53 bits per heavy atom. The number of thiophene rings is 1. The number of aliphatic hydroxyl groups excluding tert-OH is 1. The Balaban J connectivity index is 1.84. The van der Waals surface area contributed by atoms with Gasteiger partial charge in [-0.05, 0) is 40.7 Å². The van der Waals surface area contributed by atoms with Gasteiger partial charge in [-0.1, -0.05) is 6.92 Å². The Kier molecular flexibility index (Phi) is 5.57. The fourth-order valence-corrected chi connectivity index (χ4v) is 3.47. The zero-order valence-corrected chi connectivity index (χ0v) is 13.3. The van der Waals surface area contributed by atoms with Crippen LogP contribution >= 0.6 is 27.3 Å². The van der Waals surface area contributed by atoms with Crippen LogP contribution in [0.4, 0.5) is 0 Å². The molecule has 0 saturated carbocycles. The number of hydrogen-bond donors (Lipinski definition) is 1. The van der Waals surface area contributed by atoms with Crippen LogP contribution in [-0.2, 0) is 13.1 Å². The van der Waals surface area contributed by atoms with Crippen LogP contribution in [0, 0.1) is 0 Å². The minimum absolute atomic E-state index is 0.400. The van der Waals surface area contributed by atoms with Gasteiger partial charge in [0.15, 0.2) is 0 Å². The maximum absolute atomic E-state index is 10.1. The summed E-state index contributed by atoms with van der Waals surface area (Å²) in [5, 5.41) is 14.2. The number of rotatable bonds is 7. The predicted octanol–water partition coefficient (Wildman–Crippen LogP) is 2.59. The van der Waals surface area contributed by atoms with Crippen molar-refractivity contribution in [3.05, 3.63) is 39.3 Å². The largest absolute Gasteiger partial charge is 0.390 e. The van der Waals surface area contributed by atoms with Gasteiger partial charge in [-0.15, -0.1) is 11.3 Å². The molecule has 0 amide bonds. The first-order chi connectivity index (χ1) is 9.17. The smallest absolute Gasteiger partial charge is 0.0862 e. The summed E-state index contributed by atoms with van der Waals surface area (Å²) in [5.74, 6) is 0. The van der Waals surface area contributed by atoms with Gasteiger partial charge in [-0.3, -0.25) is 9.58 Å². The first-order valence-corrected chi connectivity index (χ1v) is 7.90. The van der Waals surface area contributed by atoms with Crippen molar-refractivity contribution in [2.45, 2.75) is 26.1 Å². The highest BCUT2D eigenvalue weighted by Crippen LogP contribution is 2.23. The molecule has 2 rings (SSSR count). The van der Waals surface area contributed by atoms with E-state index in [2.05, 4.69) is 45.0 Å². The van der Waals surface area contributed by atoms with E-state index in [4.69, 9.17) is 0 Å². The molecule has 0 aliphatic rings.